The Balaban J connectivity index is 1.79. The van der Waals surface area contributed by atoms with Crippen molar-refractivity contribution in [3.63, 3.8) is 0 Å². The number of rotatable bonds is 4. The van der Waals surface area contributed by atoms with E-state index in [1.165, 1.54) is 0 Å². The van der Waals surface area contributed by atoms with Crippen LogP contribution in [0, 0.1) is 0 Å². The van der Waals surface area contributed by atoms with Crippen LogP contribution in [0.2, 0.25) is 0 Å². The third-order valence-electron chi connectivity index (χ3n) is 2.90. The molecule has 0 amide bonds. The maximum atomic E-state index is 4.33. The first kappa shape index (κ1) is 12.6. The number of hydrogen-bond acceptors (Lipinski definition) is 4. The highest BCUT2D eigenvalue weighted by Crippen LogP contribution is 2.16. The molecule has 0 unspecified atom stereocenters. The normalized spacial score (nSPS) is 11.0. The molecule has 1 aromatic carbocycles. The van der Waals surface area contributed by atoms with Crippen LogP contribution in [0.4, 0.5) is 0 Å². The molecule has 0 radical (unpaired) electrons. The number of fused-ring (bicyclic) bond motifs is 1. The van der Waals surface area contributed by atoms with Crippen LogP contribution in [0.15, 0.2) is 65.7 Å². The fraction of sp³-hybridized carbons (Fsp3) is 0. The Morgan fingerprint density at radius 1 is 1.20 bits per heavy atom. The van der Waals surface area contributed by atoms with Gasteiger partial charge in [-0.15, -0.1) is 11.3 Å². The van der Waals surface area contributed by atoms with Gasteiger partial charge in [0.25, 0.3) is 0 Å². The summed E-state index contributed by atoms with van der Waals surface area (Å²) in [4.78, 5) is 5.41. The van der Waals surface area contributed by atoms with Crippen molar-refractivity contribution >= 4 is 34.2 Å². The second-order valence-corrected chi connectivity index (χ2v) is 5.19. The van der Waals surface area contributed by atoms with E-state index in [0.717, 1.165) is 27.0 Å². The van der Waals surface area contributed by atoms with E-state index in [1.54, 1.807) is 23.7 Å². The minimum Gasteiger partial charge on any atom is -0.278 e. The number of nitrogens with zero attached hydrogens (tertiary/aromatic N) is 2. The first-order valence-corrected chi connectivity index (χ1v) is 7.08. The summed E-state index contributed by atoms with van der Waals surface area (Å²) in [5.74, 6) is 0. The van der Waals surface area contributed by atoms with Crippen molar-refractivity contribution < 1.29 is 0 Å². The van der Waals surface area contributed by atoms with Crippen molar-refractivity contribution in [2.24, 2.45) is 5.10 Å². The highest BCUT2D eigenvalue weighted by molar-refractivity contribution is 7.11. The number of nitrogens with one attached hydrogen (secondary N) is 1. The first-order valence-electron chi connectivity index (χ1n) is 6.20. The predicted molar refractivity (Wildman–Crippen MR) is 85.8 cm³/mol. The Labute approximate surface area is 121 Å². The lowest BCUT2D eigenvalue weighted by Gasteiger charge is -2.02. The Bertz CT molecular complexity index is 755. The molecule has 20 heavy (non-hydrogen) atoms. The molecule has 0 fully saturated rings. The zero-order valence-corrected chi connectivity index (χ0v) is 11.6. The minimum absolute atomic E-state index is 0.801. The van der Waals surface area contributed by atoms with Gasteiger partial charge < -0.3 is 0 Å². The molecule has 3 aromatic rings. The number of thiophene rings is 1. The van der Waals surface area contributed by atoms with E-state index in [4.69, 9.17) is 0 Å². The van der Waals surface area contributed by atoms with Gasteiger partial charge in [0.1, 0.15) is 0 Å². The average molecular weight is 279 g/mol. The Kier molecular flexibility index (Phi) is 3.56. The molecule has 98 valence electrons. The molecule has 3 rings (SSSR count). The fourth-order valence-electron chi connectivity index (χ4n) is 1.92. The average Bonchev–Trinajstić information content (AvgIpc) is 3.02. The van der Waals surface area contributed by atoms with Crippen LogP contribution in [0.3, 0.4) is 0 Å². The Hall–Kier alpha value is -2.46. The molecule has 0 bridgehead atoms. The molecule has 0 saturated heterocycles. The van der Waals surface area contributed by atoms with E-state index in [0.29, 0.717) is 0 Å². The highest BCUT2D eigenvalue weighted by atomic mass is 32.1. The first-order chi connectivity index (χ1) is 9.84. The maximum Gasteiger partial charge on any atom is 0.0708 e. The molecule has 0 aliphatic carbocycles. The summed E-state index contributed by atoms with van der Waals surface area (Å²) in [6.45, 7) is 3.96. The summed E-state index contributed by atoms with van der Waals surface area (Å²) in [5, 5.41) is 7.35. The van der Waals surface area contributed by atoms with Gasteiger partial charge in [-0.3, -0.25) is 10.4 Å². The summed E-state index contributed by atoms with van der Waals surface area (Å²) < 4.78 is 0. The van der Waals surface area contributed by atoms with Crippen molar-refractivity contribution in [3.8, 4) is 0 Å². The molecule has 4 heteroatoms. The summed E-state index contributed by atoms with van der Waals surface area (Å²) >= 11 is 1.63. The summed E-state index contributed by atoms with van der Waals surface area (Å²) in [6.07, 6.45) is 3.58. The van der Waals surface area contributed by atoms with Crippen molar-refractivity contribution in [1.29, 1.82) is 0 Å². The van der Waals surface area contributed by atoms with E-state index in [-0.39, 0.29) is 0 Å². The van der Waals surface area contributed by atoms with Crippen LogP contribution in [-0.4, -0.2) is 11.2 Å². The molecule has 0 saturated carbocycles. The zero-order chi connectivity index (χ0) is 13.8. The van der Waals surface area contributed by atoms with Gasteiger partial charge in [0.05, 0.1) is 22.3 Å². The SMILES string of the molecule is C=C(N/N=C\c1ccnc2ccccc12)c1cccs1. The fourth-order valence-corrected chi connectivity index (χ4v) is 2.56. The van der Waals surface area contributed by atoms with Crippen LogP contribution < -0.4 is 5.43 Å². The molecule has 0 aliphatic rings. The maximum absolute atomic E-state index is 4.33. The van der Waals surface area contributed by atoms with Gasteiger partial charge in [-0.05, 0) is 23.6 Å². The monoisotopic (exact) mass is 279 g/mol. The largest absolute Gasteiger partial charge is 0.278 e. The smallest absolute Gasteiger partial charge is 0.0708 e. The highest BCUT2D eigenvalue weighted by Gasteiger charge is 1.99. The van der Waals surface area contributed by atoms with Gasteiger partial charge in [0.2, 0.25) is 0 Å². The molecule has 0 atom stereocenters. The zero-order valence-electron chi connectivity index (χ0n) is 10.8. The Morgan fingerprint density at radius 2 is 2.10 bits per heavy atom. The number of hydrogen-bond donors (Lipinski definition) is 1. The standard InChI is InChI=1S/C16H13N3S/c1-12(16-7-4-10-20-16)19-18-11-13-8-9-17-15-6-3-2-5-14(13)15/h2-11,19H,1H2/b18-11-. The van der Waals surface area contributed by atoms with E-state index >= 15 is 0 Å². The van der Waals surface area contributed by atoms with Crippen molar-refractivity contribution in [1.82, 2.24) is 10.4 Å². The second-order valence-electron chi connectivity index (χ2n) is 4.24. The van der Waals surface area contributed by atoms with Crippen molar-refractivity contribution in [2.45, 2.75) is 0 Å². The third kappa shape index (κ3) is 2.60. The van der Waals surface area contributed by atoms with Crippen LogP contribution >= 0.6 is 11.3 Å². The van der Waals surface area contributed by atoms with Crippen molar-refractivity contribution in [3.05, 3.63) is 71.1 Å². The molecule has 0 aliphatic heterocycles. The molecule has 1 N–H and O–H groups in total. The molecule has 2 heterocycles. The number of benzene rings is 1. The van der Waals surface area contributed by atoms with E-state index in [1.807, 2.05) is 47.8 Å². The molecule has 0 spiro atoms. The van der Waals surface area contributed by atoms with Crippen molar-refractivity contribution in [2.75, 3.05) is 0 Å². The van der Waals surface area contributed by atoms with Crippen LogP contribution in [-0.2, 0) is 0 Å². The van der Waals surface area contributed by atoms with Gasteiger partial charge in [-0.25, -0.2) is 0 Å². The number of pyridine rings is 1. The topological polar surface area (TPSA) is 37.3 Å². The molecular weight excluding hydrogens is 266 g/mol. The van der Waals surface area contributed by atoms with E-state index in [2.05, 4.69) is 22.1 Å². The van der Waals surface area contributed by atoms with Gasteiger partial charge in [0, 0.05) is 17.1 Å². The van der Waals surface area contributed by atoms with Crippen LogP contribution in [0.5, 0.6) is 0 Å². The van der Waals surface area contributed by atoms with Gasteiger partial charge in [-0.2, -0.15) is 5.10 Å². The molecular formula is C16H13N3S. The lowest BCUT2D eigenvalue weighted by molar-refractivity contribution is 1.01. The molecule has 3 nitrogen and oxygen atoms in total. The minimum atomic E-state index is 0.801. The van der Waals surface area contributed by atoms with Crippen LogP contribution in [0.1, 0.15) is 10.4 Å². The van der Waals surface area contributed by atoms with Gasteiger partial charge in [0.15, 0.2) is 0 Å². The number of aromatic nitrogens is 1. The summed E-state index contributed by atoms with van der Waals surface area (Å²) in [5.41, 5.74) is 5.76. The number of para-hydroxylation sites is 1. The Morgan fingerprint density at radius 3 is 2.95 bits per heavy atom. The van der Waals surface area contributed by atoms with E-state index in [9.17, 15) is 0 Å². The predicted octanol–water partition coefficient (Wildman–Crippen LogP) is 3.89. The second kappa shape index (κ2) is 5.67. The quantitative estimate of drug-likeness (QED) is 0.581. The van der Waals surface area contributed by atoms with Crippen LogP contribution in [0.25, 0.3) is 16.6 Å². The summed E-state index contributed by atoms with van der Waals surface area (Å²) in [6, 6.07) is 14.0. The van der Waals surface area contributed by atoms with Gasteiger partial charge >= 0.3 is 0 Å². The molecule has 2 aromatic heterocycles. The van der Waals surface area contributed by atoms with E-state index < -0.39 is 0 Å². The third-order valence-corrected chi connectivity index (χ3v) is 3.83. The summed E-state index contributed by atoms with van der Waals surface area (Å²) in [7, 11) is 0. The van der Waals surface area contributed by atoms with Gasteiger partial charge in [-0.1, -0.05) is 30.8 Å². The lowest BCUT2D eigenvalue weighted by Crippen LogP contribution is -2.02. The lowest BCUT2D eigenvalue weighted by atomic mass is 10.1. The number of hydrazone groups is 1.